The fraction of sp³-hybridized carbons (Fsp3) is 0.667. The largest absolute Gasteiger partial charge is 0.412 e. The molecule has 0 aromatic rings. The maximum Gasteiger partial charge on any atom is 0.412 e. The molecule has 0 aliphatic heterocycles. The van der Waals surface area contributed by atoms with Gasteiger partial charge in [0.15, 0.2) is 0 Å². The Balaban J connectivity index is 2.86. The molecule has 1 aliphatic rings. The minimum Gasteiger partial charge on any atom is -0.243 e. The van der Waals surface area contributed by atoms with Crippen molar-refractivity contribution in [3.63, 3.8) is 0 Å². The predicted molar refractivity (Wildman–Crippen MR) is 54.3 cm³/mol. The number of halogens is 4. The molecule has 0 heterocycles. The van der Waals surface area contributed by atoms with Crippen molar-refractivity contribution in [1.82, 2.24) is 0 Å². The molecule has 0 aromatic carbocycles. The molecule has 1 aliphatic carbocycles. The van der Waals surface area contributed by atoms with Crippen LogP contribution in [0.25, 0.3) is 0 Å². The van der Waals surface area contributed by atoms with E-state index in [1.807, 2.05) is 0 Å². The highest BCUT2D eigenvalue weighted by Crippen LogP contribution is 2.38. The number of alkyl halides is 4. The molecule has 0 amide bonds. The van der Waals surface area contributed by atoms with E-state index in [-0.39, 0.29) is 12.8 Å². The highest BCUT2D eigenvalue weighted by molar-refractivity contribution is 7.79. The van der Waals surface area contributed by atoms with Crippen molar-refractivity contribution in [3.8, 4) is 0 Å². The smallest absolute Gasteiger partial charge is 0.243 e. The molecule has 0 saturated heterocycles. The monoisotopic (exact) mass is 254 g/mol. The molecular weight excluding hydrogens is 244 g/mol. The average molecular weight is 254 g/mol. The third-order valence-electron chi connectivity index (χ3n) is 2.53. The van der Waals surface area contributed by atoms with Crippen molar-refractivity contribution in [2.45, 2.75) is 31.2 Å². The van der Waals surface area contributed by atoms with Crippen LogP contribution in [0.1, 0.15) is 12.8 Å². The molecule has 3 unspecified atom stereocenters. The Kier molecular flexibility index (Phi) is 4.12. The van der Waals surface area contributed by atoms with Gasteiger partial charge in [0, 0.05) is 10.9 Å². The molecule has 0 spiro atoms. The lowest BCUT2D eigenvalue weighted by atomic mass is 9.83. The molecule has 0 saturated carbocycles. The normalized spacial score (nSPS) is 28.1. The summed E-state index contributed by atoms with van der Waals surface area (Å²) < 4.78 is 50.4. The zero-order valence-corrected chi connectivity index (χ0v) is 8.98. The van der Waals surface area contributed by atoms with Gasteiger partial charge in [0.25, 0.3) is 0 Å². The van der Waals surface area contributed by atoms with E-state index in [1.54, 1.807) is 0 Å². The van der Waals surface area contributed by atoms with Crippen molar-refractivity contribution >= 4 is 17.6 Å². The third kappa shape index (κ3) is 3.07. The van der Waals surface area contributed by atoms with E-state index in [0.29, 0.717) is 6.08 Å². The van der Waals surface area contributed by atoms with Gasteiger partial charge in [0.05, 0.1) is 0 Å². The molecule has 1 N–H and O–H groups in total. The Hall–Kier alpha value is -0.850. The molecular formula is C9H10F4N2S. The maximum atomic E-state index is 13.1. The van der Waals surface area contributed by atoms with Gasteiger partial charge in [0.2, 0.25) is 0 Å². The molecule has 90 valence electrons. The van der Waals surface area contributed by atoms with Crippen molar-refractivity contribution < 1.29 is 17.6 Å². The lowest BCUT2D eigenvalue weighted by Gasteiger charge is -2.27. The minimum absolute atomic E-state index is 0.0697. The summed E-state index contributed by atoms with van der Waals surface area (Å²) in [5, 5.41) is 4.22. The van der Waals surface area contributed by atoms with E-state index in [0.717, 1.165) is 5.37 Å². The first-order valence-electron chi connectivity index (χ1n) is 4.62. The van der Waals surface area contributed by atoms with Crippen LogP contribution in [0, 0.1) is 11.4 Å². The summed E-state index contributed by atoms with van der Waals surface area (Å²) in [7, 11) is 0. The Morgan fingerprint density at radius 1 is 1.56 bits per heavy atom. The van der Waals surface area contributed by atoms with Gasteiger partial charge in [-0.25, -0.2) is 9.92 Å². The van der Waals surface area contributed by atoms with Gasteiger partial charge in [-0.05, 0) is 24.8 Å². The van der Waals surface area contributed by atoms with Crippen LogP contribution in [-0.2, 0) is 0 Å². The van der Waals surface area contributed by atoms with Gasteiger partial charge in [0.1, 0.15) is 12.2 Å². The second-order valence-electron chi connectivity index (χ2n) is 3.66. The van der Waals surface area contributed by atoms with E-state index < -0.39 is 29.9 Å². The van der Waals surface area contributed by atoms with Crippen LogP contribution in [0.2, 0.25) is 0 Å². The first-order chi connectivity index (χ1) is 7.38. The fourth-order valence-corrected chi connectivity index (χ4v) is 2.01. The maximum absolute atomic E-state index is 13.1. The van der Waals surface area contributed by atoms with Gasteiger partial charge in [-0.3, -0.25) is 0 Å². The Morgan fingerprint density at radius 2 is 2.19 bits per heavy atom. The molecule has 2 nitrogen and oxygen atoms in total. The Bertz CT molecular complexity index is 305. The average Bonchev–Trinajstić information content (AvgIpc) is 2.17. The summed E-state index contributed by atoms with van der Waals surface area (Å²) >= 11 is 4.56. The number of hydrogen-bond acceptors (Lipinski definition) is 3. The van der Waals surface area contributed by atoms with E-state index in [2.05, 4.69) is 17.3 Å². The van der Waals surface area contributed by atoms with Gasteiger partial charge in [-0.15, -0.1) is 0 Å². The lowest BCUT2D eigenvalue weighted by Crippen LogP contribution is -2.30. The Morgan fingerprint density at radius 3 is 2.62 bits per heavy atom. The SMILES string of the molecule is N=NC(C=S)C1CC(C(F)(F)F)=CC(F)C1. The molecule has 0 bridgehead atoms. The first kappa shape index (κ1) is 13.2. The number of nitrogens with zero attached hydrogens (tertiary/aromatic N) is 1. The molecule has 0 aromatic heterocycles. The van der Waals surface area contributed by atoms with Crippen LogP contribution >= 0.6 is 12.2 Å². The molecule has 1 rings (SSSR count). The number of rotatable bonds is 3. The van der Waals surface area contributed by atoms with Crippen molar-refractivity contribution in [3.05, 3.63) is 11.6 Å². The number of hydrogen-bond donors (Lipinski definition) is 1. The summed E-state index contributed by atoms with van der Waals surface area (Å²) in [6.07, 6.45) is -5.96. The second-order valence-corrected chi connectivity index (χ2v) is 3.93. The number of nitrogens with one attached hydrogen (secondary N) is 1. The number of thiocarbonyl (C=S) groups is 1. The van der Waals surface area contributed by atoms with Gasteiger partial charge in [-0.1, -0.05) is 12.2 Å². The molecule has 16 heavy (non-hydrogen) atoms. The highest BCUT2D eigenvalue weighted by Gasteiger charge is 2.40. The van der Waals surface area contributed by atoms with Gasteiger partial charge in [-0.2, -0.15) is 18.3 Å². The van der Waals surface area contributed by atoms with Crippen LogP contribution < -0.4 is 0 Å². The van der Waals surface area contributed by atoms with Crippen LogP contribution in [0.4, 0.5) is 17.6 Å². The van der Waals surface area contributed by atoms with Gasteiger partial charge < -0.3 is 0 Å². The van der Waals surface area contributed by atoms with Crippen LogP contribution in [0.3, 0.4) is 0 Å². The summed E-state index contributed by atoms with van der Waals surface area (Å²) in [4.78, 5) is 0. The Labute approximate surface area is 95.2 Å². The van der Waals surface area contributed by atoms with Crippen molar-refractivity contribution in [2.75, 3.05) is 0 Å². The summed E-state index contributed by atoms with van der Waals surface area (Å²) in [6, 6.07) is -0.820. The van der Waals surface area contributed by atoms with E-state index in [9.17, 15) is 17.6 Å². The quantitative estimate of drug-likeness (QED) is 0.355. The molecule has 0 radical (unpaired) electrons. The van der Waals surface area contributed by atoms with Crippen LogP contribution in [-0.4, -0.2) is 23.8 Å². The fourth-order valence-electron chi connectivity index (χ4n) is 1.73. The van der Waals surface area contributed by atoms with Crippen molar-refractivity contribution in [1.29, 1.82) is 5.53 Å². The predicted octanol–water partition coefficient (Wildman–Crippen LogP) is 3.62. The number of allylic oxidation sites excluding steroid dienone is 2. The first-order valence-corrected chi connectivity index (χ1v) is 5.09. The molecule has 3 atom stereocenters. The topological polar surface area (TPSA) is 36.2 Å². The van der Waals surface area contributed by atoms with E-state index in [1.165, 1.54) is 0 Å². The standard InChI is InChI=1S/C9H10F4N2S/c10-7-2-5(8(4-16)15-14)1-6(3-7)9(11,12)13/h3-5,7-8,14H,1-2H2. The van der Waals surface area contributed by atoms with Crippen molar-refractivity contribution in [2.24, 2.45) is 11.0 Å². The molecule has 7 heteroatoms. The van der Waals surface area contributed by atoms with E-state index >= 15 is 0 Å². The third-order valence-corrected chi connectivity index (χ3v) is 2.81. The summed E-state index contributed by atoms with van der Waals surface area (Å²) in [5.74, 6) is -0.674. The summed E-state index contributed by atoms with van der Waals surface area (Å²) in [6.45, 7) is 0. The van der Waals surface area contributed by atoms with Crippen LogP contribution in [0.15, 0.2) is 16.8 Å². The lowest BCUT2D eigenvalue weighted by molar-refractivity contribution is -0.0976. The van der Waals surface area contributed by atoms with Crippen LogP contribution in [0.5, 0.6) is 0 Å². The van der Waals surface area contributed by atoms with E-state index in [4.69, 9.17) is 5.53 Å². The highest BCUT2D eigenvalue weighted by atomic mass is 32.1. The molecule has 0 fully saturated rings. The second kappa shape index (κ2) is 4.99. The van der Waals surface area contributed by atoms with Gasteiger partial charge >= 0.3 is 6.18 Å². The minimum atomic E-state index is -4.52. The zero-order valence-electron chi connectivity index (χ0n) is 8.17. The summed E-state index contributed by atoms with van der Waals surface area (Å²) in [5.41, 5.74) is 5.90. The zero-order chi connectivity index (χ0) is 12.3.